The van der Waals surface area contributed by atoms with E-state index in [1.165, 1.54) is 0 Å². The molecule has 0 aliphatic heterocycles. The Morgan fingerprint density at radius 3 is 1.29 bits per heavy atom. The van der Waals surface area contributed by atoms with Gasteiger partial charge >= 0.3 is 0 Å². The lowest BCUT2D eigenvalue weighted by Gasteiger charge is -2.14. The van der Waals surface area contributed by atoms with Gasteiger partial charge in [-0.3, -0.25) is 9.59 Å². The average molecular weight is 469 g/mol. The van der Waals surface area contributed by atoms with Gasteiger partial charge in [-0.05, 0) is 72.8 Å². The maximum Gasteiger partial charge on any atom is 0.259 e. The zero-order valence-corrected chi connectivity index (χ0v) is 19.3. The topological polar surface area (TPSA) is 85.9 Å². The lowest BCUT2D eigenvalue weighted by molar-refractivity contribution is 0.101. The molecule has 0 fully saturated rings. The van der Waals surface area contributed by atoms with Gasteiger partial charge in [-0.15, -0.1) is 0 Å². The van der Waals surface area contributed by atoms with Crippen molar-refractivity contribution < 1.29 is 23.8 Å². The maximum atomic E-state index is 13.0. The second kappa shape index (κ2) is 10.9. The number of hydrogen-bond acceptors (Lipinski definition) is 5. The van der Waals surface area contributed by atoms with Gasteiger partial charge in [-0.25, -0.2) is 0 Å². The standard InChI is InChI=1S/C28H24N2O5/c1-33-21-15-11-19(12-16-21)29-27(31)23-7-3-5-9-25(23)35-26-10-6-4-8-24(26)28(32)30-20-13-17-22(34-2)18-14-20/h3-18H,1-2H3,(H,29,31)(H,30,32). The summed E-state index contributed by atoms with van der Waals surface area (Å²) in [7, 11) is 3.16. The number of benzene rings is 4. The van der Waals surface area contributed by atoms with E-state index in [1.807, 2.05) is 0 Å². The molecule has 4 rings (SSSR count). The largest absolute Gasteiger partial charge is 0.497 e. The van der Waals surface area contributed by atoms with E-state index in [1.54, 1.807) is 111 Å². The average Bonchev–Trinajstić information content (AvgIpc) is 2.90. The van der Waals surface area contributed by atoms with Crippen molar-refractivity contribution in [2.45, 2.75) is 0 Å². The third-order valence-electron chi connectivity index (χ3n) is 5.18. The zero-order valence-electron chi connectivity index (χ0n) is 19.3. The molecule has 35 heavy (non-hydrogen) atoms. The van der Waals surface area contributed by atoms with Crippen molar-refractivity contribution in [3.8, 4) is 23.0 Å². The number of anilines is 2. The fourth-order valence-corrected chi connectivity index (χ4v) is 3.35. The minimum Gasteiger partial charge on any atom is -0.497 e. The van der Waals surface area contributed by atoms with E-state index < -0.39 is 0 Å². The quantitative estimate of drug-likeness (QED) is 0.331. The fourth-order valence-electron chi connectivity index (χ4n) is 3.35. The number of ether oxygens (including phenoxy) is 3. The summed E-state index contributed by atoms with van der Waals surface area (Å²) in [6.07, 6.45) is 0. The van der Waals surface area contributed by atoms with Gasteiger partial charge < -0.3 is 24.8 Å². The van der Waals surface area contributed by atoms with E-state index >= 15 is 0 Å². The summed E-state index contributed by atoms with van der Waals surface area (Å²) in [5.74, 6) is 1.34. The van der Waals surface area contributed by atoms with E-state index in [2.05, 4.69) is 10.6 Å². The van der Waals surface area contributed by atoms with Crippen LogP contribution in [0.4, 0.5) is 11.4 Å². The van der Waals surface area contributed by atoms with Gasteiger partial charge in [0, 0.05) is 11.4 Å². The first-order valence-electron chi connectivity index (χ1n) is 10.8. The Kier molecular flexibility index (Phi) is 7.28. The van der Waals surface area contributed by atoms with E-state index in [0.717, 1.165) is 0 Å². The molecule has 0 saturated carbocycles. The van der Waals surface area contributed by atoms with Crippen molar-refractivity contribution in [2.75, 3.05) is 24.9 Å². The number of hydrogen-bond donors (Lipinski definition) is 2. The summed E-state index contributed by atoms with van der Waals surface area (Å²) < 4.78 is 16.4. The predicted molar refractivity (Wildman–Crippen MR) is 135 cm³/mol. The Hall–Kier alpha value is -4.78. The first-order chi connectivity index (χ1) is 17.1. The van der Waals surface area contributed by atoms with E-state index in [-0.39, 0.29) is 11.8 Å². The Labute approximate surface area is 203 Å². The van der Waals surface area contributed by atoms with Crippen LogP contribution in [-0.2, 0) is 0 Å². The van der Waals surface area contributed by atoms with Gasteiger partial charge in [0.1, 0.15) is 23.0 Å². The molecular formula is C28H24N2O5. The van der Waals surface area contributed by atoms with Crippen LogP contribution in [0.2, 0.25) is 0 Å². The van der Waals surface area contributed by atoms with Crippen LogP contribution < -0.4 is 24.8 Å². The van der Waals surface area contributed by atoms with E-state index in [4.69, 9.17) is 14.2 Å². The SMILES string of the molecule is COc1ccc(NC(=O)c2ccccc2Oc2ccccc2C(=O)Nc2ccc(OC)cc2)cc1. The van der Waals surface area contributed by atoms with Crippen LogP contribution in [0.5, 0.6) is 23.0 Å². The first-order valence-corrected chi connectivity index (χ1v) is 10.8. The normalized spacial score (nSPS) is 10.2. The van der Waals surface area contributed by atoms with E-state index in [9.17, 15) is 9.59 Å². The smallest absolute Gasteiger partial charge is 0.259 e. The second-order valence-corrected chi connectivity index (χ2v) is 7.46. The second-order valence-electron chi connectivity index (χ2n) is 7.46. The van der Waals surface area contributed by atoms with Crippen LogP contribution in [0.25, 0.3) is 0 Å². The summed E-state index contributed by atoms with van der Waals surface area (Å²) in [5.41, 5.74) is 1.89. The number of carbonyl (C=O) groups is 2. The molecule has 0 aliphatic rings. The molecular weight excluding hydrogens is 444 g/mol. The molecule has 0 aromatic heterocycles. The summed E-state index contributed by atoms with van der Waals surface area (Å²) in [5, 5.41) is 5.70. The van der Waals surface area contributed by atoms with Crippen molar-refractivity contribution >= 4 is 23.2 Å². The third kappa shape index (κ3) is 5.78. The number of carbonyl (C=O) groups excluding carboxylic acids is 2. The molecule has 4 aromatic carbocycles. The molecule has 0 heterocycles. The molecule has 0 atom stereocenters. The van der Waals surface area contributed by atoms with Crippen molar-refractivity contribution in [3.63, 3.8) is 0 Å². The van der Waals surface area contributed by atoms with Crippen molar-refractivity contribution in [3.05, 3.63) is 108 Å². The Bertz CT molecular complexity index is 1220. The van der Waals surface area contributed by atoms with Gasteiger partial charge in [0.25, 0.3) is 11.8 Å². The molecule has 2 amide bonds. The van der Waals surface area contributed by atoms with Crippen LogP contribution in [0.3, 0.4) is 0 Å². The molecule has 0 radical (unpaired) electrons. The van der Waals surface area contributed by atoms with Crippen LogP contribution in [0.1, 0.15) is 20.7 Å². The molecule has 0 bridgehead atoms. The molecule has 0 aliphatic carbocycles. The first kappa shape index (κ1) is 23.4. The minimum absolute atomic E-state index is 0.322. The van der Waals surface area contributed by atoms with Crippen LogP contribution in [0.15, 0.2) is 97.1 Å². The summed E-state index contributed by atoms with van der Waals surface area (Å²) >= 11 is 0. The molecule has 4 aromatic rings. The van der Waals surface area contributed by atoms with Gasteiger partial charge in [-0.2, -0.15) is 0 Å². The number of amides is 2. The fraction of sp³-hybridized carbons (Fsp3) is 0.0714. The van der Waals surface area contributed by atoms with Gasteiger partial charge in [-0.1, -0.05) is 24.3 Å². The summed E-state index contributed by atoms with van der Waals surface area (Å²) in [6, 6.07) is 27.7. The van der Waals surface area contributed by atoms with Crippen molar-refractivity contribution in [1.82, 2.24) is 0 Å². The van der Waals surface area contributed by atoms with Crippen LogP contribution in [-0.4, -0.2) is 26.0 Å². The van der Waals surface area contributed by atoms with Crippen molar-refractivity contribution in [1.29, 1.82) is 0 Å². The predicted octanol–water partition coefficient (Wildman–Crippen LogP) is 6.00. The molecule has 176 valence electrons. The van der Waals surface area contributed by atoms with E-state index in [0.29, 0.717) is 45.5 Å². The van der Waals surface area contributed by atoms with Crippen molar-refractivity contribution in [2.24, 2.45) is 0 Å². The molecule has 7 heteroatoms. The molecule has 0 unspecified atom stereocenters. The minimum atomic E-state index is -0.342. The summed E-state index contributed by atoms with van der Waals surface area (Å²) in [6.45, 7) is 0. The highest BCUT2D eigenvalue weighted by molar-refractivity contribution is 6.07. The van der Waals surface area contributed by atoms with Crippen LogP contribution in [0, 0.1) is 0 Å². The highest BCUT2D eigenvalue weighted by Crippen LogP contribution is 2.29. The zero-order chi connectivity index (χ0) is 24.6. The van der Waals surface area contributed by atoms with Gasteiger partial charge in [0.05, 0.1) is 25.3 Å². The maximum absolute atomic E-state index is 13.0. The highest BCUT2D eigenvalue weighted by Gasteiger charge is 2.17. The number of para-hydroxylation sites is 2. The number of rotatable bonds is 8. The number of nitrogens with one attached hydrogen (secondary N) is 2. The Morgan fingerprint density at radius 1 is 0.543 bits per heavy atom. The van der Waals surface area contributed by atoms with Crippen LogP contribution >= 0.6 is 0 Å². The molecule has 0 spiro atoms. The van der Waals surface area contributed by atoms with Gasteiger partial charge in [0.15, 0.2) is 0 Å². The Morgan fingerprint density at radius 2 is 0.914 bits per heavy atom. The lowest BCUT2D eigenvalue weighted by atomic mass is 10.1. The highest BCUT2D eigenvalue weighted by atomic mass is 16.5. The Balaban J connectivity index is 1.53. The molecule has 0 saturated heterocycles. The number of methoxy groups -OCH3 is 2. The lowest BCUT2D eigenvalue weighted by Crippen LogP contribution is -2.14. The molecule has 2 N–H and O–H groups in total. The monoisotopic (exact) mass is 468 g/mol. The van der Waals surface area contributed by atoms with Gasteiger partial charge in [0.2, 0.25) is 0 Å². The molecule has 7 nitrogen and oxygen atoms in total. The third-order valence-corrected chi connectivity index (χ3v) is 5.18. The summed E-state index contributed by atoms with van der Waals surface area (Å²) in [4.78, 5) is 26.0.